The number of hydrogen-bond acceptors (Lipinski definition) is 5. The molecule has 96 valence electrons. The lowest BCUT2D eigenvalue weighted by molar-refractivity contribution is -0.380. The van der Waals surface area contributed by atoms with Gasteiger partial charge in [-0.15, -0.1) is 0 Å². The van der Waals surface area contributed by atoms with Crippen LogP contribution in [0.15, 0.2) is 35.7 Å². The van der Waals surface area contributed by atoms with Crippen LogP contribution in [0.25, 0.3) is 0 Å². The second kappa shape index (κ2) is 6.09. The van der Waals surface area contributed by atoms with Crippen molar-refractivity contribution in [3.63, 3.8) is 0 Å². The molecule has 0 unspecified atom stereocenters. The van der Waals surface area contributed by atoms with E-state index in [4.69, 9.17) is 5.26 Å². The van der Waals surface area contributed by atoms with E-state index in [-0.39, 0.29) is 9.92 Å². The predicted molar refractivity (Wildman–Crippen MR) is 72.7 cm³/mol. The Morgan fingerprint density at radius 1 is 1.26 bits per heavy atom. The molecule has 6 heteroatoms. The van der Waals surface area contributed by atoms with E-state index in [0.29, 0.717) is 18.7 Å². The highest BCUT2D eigenvalue weighted by Gasteiger charge is 2.08. The van der Waals surface area contributed by atoms with Gasteiger partial charge in [0.1, 0.15) is 0 Å². The van der Waals surface area contributed by atoms with Crippen LogP contribution >= 0.6 is 11.3 Å². The van der Waals surface area contributed by atoms with Crippen LogP contribution in [0.1, 0.15) is 16.7 Å². The molecule has 5 nitrogen and oxygen atoms in total. The van der Waals surface area contributed by atoms with Gasteiger partial charge < -0.3 is 5.32 Å². The van der Waals surface area contributed by atoms with Gasteiger partial charge in [-0.25, -0.2) is 0 Å². The molecule has 2 rings (SSSR count). The zero-order chi connectivity index (χ0) is 13.7. The predicted octanol–water partition coefficient (Wildman–Crippen LogP) is 2.82. The van der Waals surface area contributed by atoms with Crippen LogP contribution in [0.5, 0.6) is 0 Å². The summed E-state index contributed by atoms with van der Waals surface area (Å²) < 4.78 is 0. The lowest BCUT2D eigenvalue weighted by Gasteiger charge is -2.03. The largest absolute Gasteiger partial charge is 0.324 e. The monoisotopic (exact) mass is 273 g/mol. The number of benzene rings is 1. The quantitative estimate of drug-likeness (QED) is 0.671. The van der Waals surface area contributed by atoms with Crippen molar-refractivity contribution in [3.05, 3.63) is 62.5 Å². The molecule has 0 saturated carbocycles. The minimum atomic E-state index is -0.380. The highest BCUT2D eigenvalue weighted by molar-refractivity contribution is 7.13. The van der Waals surface area contributed by atoms with Gasteiger partial charge in [0.15, 0.2) is 0 Å². The normalized spacial score (nSPS) is 10.1. The highest BCUT2D eigenvalue weighted by atomic mass is 32.1. The summed E-state index contributed by atoms with van der Waals surface area (Å²) in [5.41, 5.74) is 2.62. The van der Waals surface area contributed by atoms with Crippen LogP contribution in [0.2, 0.25) is 0 Å². The smallest absolute Gasteiger partial charge is 0.309 e. The molecule has 1 heterocycles. The van der Waals surface area contributed by atoms with Crippen molar-refractivity contribution in [2.75, 3.05) is 0 Å². The van der Waals surface area contributed by atoms with E-state index in [2.05, 4.69) is 11.4 Å². The van der Waals surface area contributed by atoms with Crippen molar-refractivity contribution in [2.24, 2.45) is 0 Å². The van der Waals surface area contributed by atoms with Gasteiger partial charge in [-0.05, 0) is 23.3 Å². The third-order valence-corrected chi connectivity index (χ3v) is 3.49. The van der Waals surface area contributed by atoms with Crippen LogP contribution in [0.3, 0.4) is 0 Å². The summed E-state index contributed by atoms with van der Waals surface area (Å²) in [6.45, 7) is 1.25. The maximum absolute atomic E-state index is 10.5. The fourth-order valence-corrected chi connectivity index (χ4v) is 2.33. The van der Waals surface area contributed by atoms with Crippen molar-refractivity contribution in [3.8, 4) is 6.07 Å². The molecule has 0 spiro atoms. The second-order valence-electron chi connectivity index (χ2n) is 3.96. The van der Waals surface area contributed by atoms with Gasteiger partial charge >= 0.3 is 5.00 Å². The molecule has 0 saturated heterocycles. The number of nitriles is 1. The molecule has 1 N–H and O–H groups in total. The van der Waals surface area contributed by atoms with Crippen molar-refractivity contribution in [2.45, 2.75) is 13.1 Å². The minimum Gasteiger partial charge on any atom is -0.309 e. The molecule has 0 amide bonds. The number of rotatable bonds is 5. The van der Waals surface area contributed by atoms with Crippen molar-refractivity contribution >= 4 is 16.3 Å². The average molecular weight is 273 g/mol. The van der Waals surface area contributed by atoms with Gasteiger partial charge in [0.2, 0.25) is 0 Å². The molecular weight excluding hydrogens is 262 g/mol. The maximum atomic E-state index is 10.5. The molecule has 0 fully saturated rings. The number of hydrogen-bond donors (Lipinski definition) is 1. The first kappa shape index (κ1) is 13.2. The highest BCUT2D eigenvalue weighted by Crippen LogP contribution is 2.22. The van der Waals surface area contributed by atoms with Gasteiger partial charge in [-0.1, -0.05) is 23.5 Å². The minimum absolute atomic E-state index is 0.162. The molecule has 0 atom stereocenters. The molecule has 1 aromatic carbocycles. The van der Waals surface area contributed by atoms with Gasteiger partial charge in [0.25, 0.3) is 0 Å². The number of thiophene rings is 1. The Morgan fingerprint density at radius 2 is 1.95 bits per heavy atom. The molecular formula is C13H11N3O2S. The Hall–Kier alpha value is -2.23. The molecule has 0 aliphatic rings. The van der Waals surface area contributed by atoms with E-state index >= 15 is 0 Å². The number of nitrogens with zero attached hydrogens (tertiary/aromatic N) is 2. The zero-order valence-corrected chi connectivity index (χ0v) is 10.8. The van der Waals surface area contributed by atoms with Crippen LogP contribution in [0.4, 0.5) is 5.00 Å². The first-order valence-electron chi connectivity index (χ1n) is 5.60. The topological polar surface area (TPSA) is 79.0 Å². The van der Waals surface area contributed by atoms with Gasteiger partial charge in [-0.2, -0.15) is 5.26 Å². The Labute approximate surface area is 114 Å². The van der Waals surface area contributed by atoms with E-state index in [1.54, 1.807) is 23.6 Å². The summed E-state index contributed by atoms with van der Waals surface area (Å²) in [6, 6.07) is 11.0. The average Bonchev–Trinajstić information content (AvgIpc) is 2.89. The zero-order valence-electron chi connectivity index (χ0n) is 10.00. The second-order valence-corrected chi connectivity index (χ2v) is 4.85. The van der Waals surface area contributed by atoms with E-state index in [0.717, 1.165) is 22.5 Å². The summed E-state index contributed by atoms with van der Waals surface area (Å²) in [5, 5.41) is 24.4. The molecule has 1 aromatic heterocycles. The lowest BCUT2D eigenvalue weighted by Crippen LogP contribution is -2.11. The van der Waals surface area contributed by atoms with E-state index in [1.807, 2.05) is 12.1 Å². The fraction of sp³-hybridized carbons (Fsp3) is 0.154. The Morgan fingerprint density at radius 3 is 2.53 bits per heavy atom. The van der Waals surface area contributed by atoms with Gasteiger partial charge in [0, 0.05) is 24.5 Å². The summed E-state index contributed by atoms with van der Waals surface area (Å²) in [7, 11) is 0. The molecule has 0 radical (unpaired) electrons. The summed E-state index contributed by atoms with van der Waals surface area (Å²) in [6.07, 6.45) is 0. The van der Waals surface area contributed by atoms with Crippen molar-refractivity contribution in [1.82, 2.24) is 5.32 Å². The summed E-state index contributed by atoms with van der Waals surface area (Å²) in [5.74, 6) is 0. The summed E-state index contributed by atoms with van der Waals surface area (Å²) >= 11 is 1.13. The van der Waals surface area contributed by atoms with Gasteiger partial charge in [0.05, 0.1) is 16.6 Å². The number of nitrogens with one attached hydrogen (secondary N) is 1. The van der Waals surface area contributed by atoms with Crippen LogP contribution in [-0.4, -0.2) is 4.92 Å². The van der Waals surface area contributed by atoms with Crippen LogP contribution in [0, 0.1) is 21.4 Å². The van der Waals surface area contributed by atoms with E-state index < -0.39 is 0 Å². The lowest BCUT2D eigenvalue weighted by atomic mass is 10.1. The Bertz CT molecular complexity index is 614. The third kappa shape index (κ3) is 3.61. The fourth-order valence-electron chi connectivity index (χ4n) is 1.60. The first-order valence-corrected chi connectivity index (χ1v) is 6.48. The maximum Gasteiger partial charge on any atom is 0.324 e. The number of nitro groups is 1. The summed E-state index contributed by atoms with van der Waals surface area (Å²) in [4.78, 5) is 10.2. The van der Waals surface area contributed by atoms with Crippen molar-refractivity contribution in [1.29, 1.82) is 5.26 Å². The van der Waals surface area contributed by atoms with Crippen LogP contribution < -0.4 is 5.32 Å². The Balaban J connectivity index is 1.85. The molecule has 2 aromatic rings. The van der Waals surface area contributed by atoms with E-state index in [9.17, 15) is 10.1 Å². The van der Waals surface area contributed by atoms with Crippen LogP contribution in [-0.2, 0) is 13.1 Å². The molecule has 19 heavy (non-hydrogen) atoms. The Kier molecular flexibility index (Phi) is 4.23. The van der Waals surface area contributed by atoms with Crippen molar-refractivity contribution < 1.29 is 4.92 Å². The SMILES string of the molecule is N#Cc1ccc(CNCc2csc([N+](=O)[O-])c2)cc1. The first-order chi connectivity index (χ1) is 9.19. The van der Waals surface area contributed by atoms with E-state index in [1.165, 1.54) is 0 Å². The van der Waals surface area contributed by atoms with Gasteiger partial charge in [-0.3, -0.25) is 10.1 Å². The molecule has 0 aliphatic heterocycles. The molecule has 0 aliphatic carbocycles. The standard InChI is InChI=1S/C13H11N3O2S/c14-6-10-1-3-11(4-2-10)7-15-8-12-5-13(16(17)18)19-9-12/h1-5,9,15H,7-8H2. The third-order valence-electron chi connectivity index (χ3n) is 2.56. The molecule has 0 bridgehead atoms.